The lowest BCUT2D eigenvalue weighted by Gasteiger charge is -1.99. The van der Waals surface area contributed by atoms with Gasteiger partial charge in [0.1, 0.15) is 5.69 Å². The molecule has 0 saturated carbocycles. The fourth-order valence-electron chi connectivity index (χ4n) is 1.22. The molecule has 2 aromatic rings. The van der Waals surface area contributed by atoms with Gasteiger partial charge in [0.2, 0.25) is 5.95 Å². The molecule has 0 fully saturated rings. The standard InChI is InChI=1S/C11H10ClN5/c12-8-4-2-1-3-7(8)5-15-9-6-16-11(14)17-10(9)13/h1-6H,(H4,13,14,16,17). The van der Waals surface area contributed by atoms with E-state index in [0.717, 1.165) is 5.56 Å². The summed E-state index contributed by atoms with van der Waals surface area (Å²) < 4.78 is 0. The van der Waals surface area contributed by atoms with E-state index in [0.29, 0.717) is 10.7 Å². The minimum absolute atomic E-state index is 0.124. The van der Waals surface area contributed by atoms with Crippen LogP contribution in [0.25, 0.3) is 0 Å². The second-order valence-electron chi connectivity index (χ2n) is 3.28. The van der Waals surface area contributed by atoms with E-state index in [1.807, 2.05) is 18.2 Å². The zero-order valence-corrected chi connectivity index (χ0v) is 9.59. The van der Waals surface area contributed by atoms with Gasteiger partial charge in [0.25, 0.3) is 0 Å². The maximum Gasteiger partial charge on any atom is 0.222 e. The molecule has 17 heavy (non-hydrogen) atoms. The van der Waals surface area contributed by atoms with Crippen molar-refractivity contribution in [3.63, 3.8) is 0 Å². The van der Waals surface area contributed by atoms with Gasteiger partial charge in [-0.15, -0.1) is 0 Å². The molecule has 0 radical (unpaired) electrons. The van der Waals surface area contributed by atoms with E-state index in [2.05, 4.69) is 15.0 Å². The molecule has 2 rings (SSSR count). The van der Waals surface area contributed by atoms with E-state index >= 15 is 0 Å². The molecule has 1 aromatic heterocycles. The van der Waals surface area contributed by atoms with Crippen molar-refractivity contribution in [2.24, 2.45) is 4.99 Å². The molecule has 0 amide bonds. The number of nitrogens with zero attached hydrogens (tertiary/aromatic N) is 3. The Labute approximate surface area is 103 Å². The molecule has 0 unspecified atom stereocenters. The molecule has 5 nitrogen and oxygen atoms in total. The molecule has 86 valence electrons. The normalized spacial score (nSPS) is 10.9. The van der Waals surface area contributed by atoms with Crippen LogP contribution in [0.15, 0.2) is 35.5 Å². The summed E-state index contributed by atoms with van der Waals surface area (Å²) in [6, 6.07) is 7.35. The molecule has 0 aliphatic rings. The van der Waals surface area contributed by atoms with Crippen LogP contribution in [0.2, 0.25) is 5.02 Å². The third-order valence-corrected chi connectivity index (χ3v) is 2.41. The van der Waals surface area contributed by atoms with Crippen molar-refractivity contribution < 1.29 is 0 Å². The summed E-state index contributed by atoms with van der Waals surface area (Å²) in [7, 11) is 0. The minimum atomic E-state index is 0.124. The predicted octanol–water partition coefficient (Wildman–Crippen LogP) is 2.04. The zero-order valence-electron chi connectivity index (χ0n) is 8.84. The number of hydrogen-bond acceptors (Lipinski definition) is 5. The van der Waals surface area contributed by atoms with E-state index in [1.54, 1.807) is 12.3 Å². The first-order chi connectivity index (χ1) is 8.16. The summed E-state index contributed by atoms with van der Waals surface area (Å²) in [5.74, 6) is 0.361. The van der Waals surface area contributed by atoms with Crippen molar-refractivity contribution in [1.29, 1.82) is 0 Å². The highest BCUT2D eigenvalue weighted by molar-refractivity contribution is 6.33. The zero-order chi connectivity index (χ0) is 12.3. The van der Waals surface area contributed by atoms with Crippen LogP contribution in [-0.4, -0.2) is 16.2 Å². The van der Waals surface area contributed by atoms with Gasteiger partial charge in [0.05, 0.1) is 6.20 Å². The van der Waals surface area contributed by atoms with Crippen LogP contribution in [0.5, 0.6) is 0 Å². The summed E-state index contributed by atoms with van der Waals surface area (Å²) in [6.45, 7) is 0. The quantitative estimate of drug-likeness (QED) is 0.795. The van der Waals surface area contributed by atoms with Crippen molar-refractivity contribution in [2.45, 2.75) is 0 Å². The second kappa shape index (κ2) is 4.80. The van der Waals surface area contributed by atoms with Gasteiger partial charge >= 0.3 is 0 Å². The van der Waals surface area contributed by atoms with Crippen molar-refractivity contribution in [3.05, 3.63) is 41.0 Å². The third-order valence-electron chi connectivity index (χ3n) is 2.06. The van der Waals surface area contributed by atoms with Crippen LogP contribution in [0, 0.1) is 0 Å². The molecule has 0 saturated heterocycles. The Hall–Kier alpha value is -2.14. The van der Waals surface area contributed by atoms with Gasteiger partial charge in [0.15, 0.2) is 5.82 Å². The lowest BCUT2D eigenvalue weighted by Crippen LogP contribution is -1.98. The maximum absolute atomic E-state index is 5.98. The molecule has 0 atom stereocenters. The molecular formula is C11H10ClN5. The molecule has 0 aliphatic heterocycles. The highest BCUT2D eigenvalue weighted by Gasteiger charge is 2.00. The van der Waals surface area contributed by atoms with E-state index in [1.165, 1.54) is 6.20 Å². The van der Waals surface area contributed by atoms with Crippen molar-refractivity contribution in [3.8, 4) is 0 Å². The number of halogens is 1. The molecule has 0 aliphatic carbocycles. The highest BCUT2D eigenvalue weighted by atomic mass is 35.5. The predicted molar refractivity (Wildman–Crippen MR) is 69.6 cm³/mol. The number of aliphatic imine (C=N–C) groups is 1. The SMILES string of the molecule is Nc1ncc(N=Cc2ccccc2Cl)c(N)n1. The average Bonchev–Trinajstić information content (AvgIpc) is 2.30. The van der Waals surface area contributed by atoms with Crippen molar-refractivity contribution in [2.75, 3.05) is 11.5 Å². The fourth-order valence-corrected chi connectivity index (χ4v) is 1.41. The van der Waals surface area contributed by atoms with Gasteiger partial charge in [-0.05, 0) is 6.07 Å². The van der Waals surface area contributed by atoms with Crippen LogP contribution in [-0.2, 0) is 0 Å². The molecule has 1 heterocycles. The van der Waals surface area contributed by atoms with Crippen molar-refractivity contribution in [1.82, 2.24) is 9.97 Å². The molecular weight excluding hydrogens is 238 g/mol. The van der Waals surface area contributed by atoms with Crippen LogP contribution < -0.4 is 11.5 Å². The van der Waals surface area contributed by atoms with E-state index in [9.17, 15) is 0 Å². The van der Waals surface area contributed by atoms with Crippen LogP contribution in [0.4, 0.5) is 17.5 Å². The number of nitrogen functional groups attached to an aromatic ring is 2. The van der Waals surface area contributed by atoms with Gasteiger partial charge in [0, 0.05) is 16.8 Å². The molecule has 1 aromatic carbocycles. The van der Waals surface area contributed by atoms with Gasteiger partial charge in [-0.3, -0.25) is 4.99 Å². The lowest BCUT2D eigenvalue weighted by atomic mass is 10.2. The number of aromatic nitrogens is 2. The Morgan fingerprint density at radius 1 is 1.24 bits per heavy atom. The van der Waals surface area contributed by atoms with E-state index < -0.39 is 0 Å². The Kier molecular flexibility index (Phi) is 3.20. The van der Waals surface area contributed by atoms with Gasteiger partial charge in [-0.2, -0.15) is 4.98 Å². The summed E-state index contributed by atoms with van der Waals surface area (Å²) in [5, 5.41) is 0.617. The Morgan fingerprint density at radius 3 is 2.71 bits per heavy atom. The first kappa shape index (κ1) is 11.3. The molecule has 4 N–H and O–H groups in total. The average molecular weight is 248 g/mol. The number of nitrogens with two attached hydrogens (primary N) is 2. The van der Waals surface area contributed by atoms with Crippen LogP contribution in [0.3, 0.4) is 0 Å². The molecule has 6 heteroatoms. The smallest absolute Gasteiger partial charge is 0.222 e. The molecule has 0 spiro atoms. The number of rotatable bonds is 2. The summed E-state index contributed by atoms with van der Waals surface area (Å²) >= 11 is 5.98. The van der Waals surface area contributed by atoms with Gasteiger partial charge in [-0.25, -0.2) is 4.98 Å². The topological polar surface area (TPSA) is 90.2 Å². The maximum atomic E-state index is 5.98. The Balaban J connectivity index is 2.29. The monoisotopic (exact) mass is 247 g/mol. The third kappa shape index (κ3) is 2.70. The first-order valence-corrected chi connectivity index (χ1v) is 5.21. The second-order valence-corrected chi connectivity index (χ2v) is 3.69. The summed E-state index contributed by atoms with van der Waals surface area (Å²) in [6.07, 6.45) is 3.07. The minimum Gasteiger partial charge on any atom is -0.382 e. The fraction of sp³-hybridized carbons (Fsp3) is 0. The van der Waals surface area contributed by atoms with Crippen LogP contribution in [0.1, 0.15) is 5.56 Å². The first-order valence-electron chi connectivity index (χ1n) is 4.83. The van der Waals surface area contributed by atoms with Gasteiger partial charge < -0.3 is 11.5 Å². The number of benzene rings is 1. The largest absolute Gasteiger partial charge is 0.382 e. The highest BCUT2D eigenvalue weighted by Crippen LogP contribution is 2.19. The number of anilines is 2. The van der Waals surface area contributed by atoms with E-state index in [4.69, 9.17) is 23.1 Å². The lowest BCUT2D eigenvalue weighted by molar-refractivity contribution is 1.18. The van der Waals surface area contributed by atoms with Crippen molar-refractivity contribution >= 4 is 35.3 Å². The number of hydrogen-bond donors (Lipinski definition) is 2. The molecule has 0 bridgehead atoms. The summed E-state index contributed by atoms with van der Waals surface area (Å²) in [4.78, 5) is 11.8. The summed E-state index contributed by atoms with van der Waals surface area (Å²) in [5.41, 5.74) is 12.3. The Morgan fingerprint density at radius 2 is 2.00 bits per heavy atom. The van der Waals surface area contributed by atoms with Gasteiger partial charge in [-0.1, -0.05) is 29.8 Å². The Bertz CT molecular complexity index is 568. The van der Waals surface area contributed by atoms with E-state index in [-0.39, 0.29) is 11.8 Å². The van der Waals surface area contributed by atoms with Crippen LogP contribution >= 0.6 is 11.6 Å².